The summed E-state index contributed by atoms with van der Waals surface area (Å²) in [6.45, 7) is 5.11. The molecule has 2 aromatic carbocycles. The van der Waals surface area contributed by atoms with Crippen LogP contribution in [0.25, 0.3) is 0 Å². The molecule has 1 N–H and O–H groups in total. The molecule has 174 valence electrons. The number of amides is 2. The minimum absolute atomic E-state index is 0.00197. The summed E-state index contributed by atoms with van der Waals surface area (Å²) in [5, 5.41) is 2.78. The van der Waals surface area contributed by atoms with E-state index in [2.05, 4.69) is 5.32 Å². The second kappa shape index (κ2) is 10.8. The van der Waals surface area contributed by atoms with Crippen LogP contribution in [0.4, 0.5) is 5.69 Å². The molecule has 1 fully saturated rings. The fourth-order valence-corrected chi connectivity index (χ4v) is 3.54. The van der Waals surface area contributed by atoms with Gasteiger partial charge in [0.2, 0.25) is 5.91 Å². The highest BCUT2D eigenvalue weighted by molar-refractivity contribution is 6.00. The van der Waals surface area contributed by atoms with Crippen LogP contribution in [0.15, 0.2) is 54.6 Å². The summed E-state index contributed by atoms with van der Waals surface area (Å²) in [5.74, 6) is -2.33. The van der Waals surface area contributed by atoms with E-state index in [0.717, 1.165) is 5.56 Å². The molecule has 0 saturated carbocycles. The van der Waals surface area contributed by atoms with Crippen LogP contribution in [0.5, 0.6) is 0 Å². The summed E-state index contributed by atoms with van der Waals surface area (Å²) in [4.78, 5) is 50.5. The summed E-state index contributed by atoms with van der Waals surface area (Å²) in [7, 11) is 0. The van der Waals surface area contributed by atoms with Crippen molar-refractivity contribution < 1.29 is 28.7 Å². The van der Waals surface area contributed by atoms with Gasteiger partial charge in [0.25, 0.3) is 5.91 Å². The molecule has 0 unspecified atom stereocenters. The van der Waals surface area contributed by atoms with Crippen molar-refractivity contribution in [3.63, 3.8) is 0 Å². The van der Waals surface area contributed by atoms with Gasteiger partial charge in [-0.05, 0) is 50.6 Å². The molecule has 33 heavy (non-hydrogen) atoms. The molecule has 3 rings (SSSR count). The fraction of sp³-hybridized carbons (Fsp3) is 0.360. The summed E-state index contributed by atoms with van der Waals surface area (Å²) in [5.41, 5.74) is 1.90. The van der Waals surface area contributed by atoms with Crippen molar-refractivity contribution in [3.05, 3.63) is 65.7 Å². The molecule has 2 amide bonds. The van der Waals surface area contributed by atoms with Gasteiger partial charge in [0.1, 0.15) is 0 Å². The Bertz CT molecular complexity index is 1000. The third kappa shape index (κ3) is 6.41. The number of rotatable bonds is 8. The van der Waals surface area contributed by atoms with Gasteiger partial charge in [-0.2, -0.15) is 0 Å². The third-order valence-corrected chi connectivity index (χ3v) is 5.24. The standard InChI is InChI=1S/C25H28N2O6/c1-16(2)33-25(31)19-9-11-21(12-10-19)27-14-20(13-23(27)29)24(30)32-15-22(28)26-17(3)18-7-5-4-6-8-18/h4-12,16-17,20H,13-15H2,1-3H3,(H,26,28)/t17-,20-/m0/s1. The molecule has 1 aliphatic rings. The first-order valence-electron chi connectivity index (χ1n) is 10.9. The molecule has 0 aliphatic carbocycles. The fourth-order valence-electron chi connectivity index (χ4n) is 3.54. The second-order valence-corrected chi connectivity index (χ2v) is 8.21. The minimum Gasteiger partial charge on any atom is -0.459 e. The quantitative estimate of drug-likeness (QED) is 0.618. The molecule has 8 heteroatoms. The van der Waals surface area contributed by atoms with Crippen molar-refractivity contribution in [2.45, 2.75) is 39.3 Å². The maximum Gasteiger partial charge on any atom is 0.338 e. The average molecular weight is 453 g/mol. The van der Waals surface area contributed by atoms with Crippen molar-refractivity contribution in [1.29, 1.82) is 0 Å². The van der Waals surface area contributed by atoms with Crippen molar-refractivity contribution in [2.75, 3.05) is 18.1 Å². The lowest BCUT2D eigenvalue weighted by Crippen LogP contribution is -2.32. The van der Waals surface area contributed by atoms with Gasteiger partial charge in [-0.1, -0.05) is 30.3 Å². The zero-order valence-electron chi connectivity index (χ0n) is 18.9. The Labute approximate surface area is 192 Å². The number of nitrogens with one attached hydrogen (secondary N) is 1. The normalized spacial score (nSPS) is 16.4. The number of benzene rings is 2. The van der Waals surface area contributed by atoms with Crippen LogP contribution >= 0.6 is 0 Å². The number of hydrogen-bond donors (Lipinski definition) is 1. The Morgan fingerprint density at radius 2 is 1.70 bits per heavy atom. The van der Waals surface area contributed by atoms with E-state index in [-0.39, 0.29) is 31.0 Å². The smallest absolute Gasteiger partial charge is 0.338 e. The van der Waals surface area contributed by atoms with Crippen LogP contribution in [-0.4, -0.2) is 43.0 Å². The summed E-state index contributed by atoms with van der Waals surface area (Å²) >= 11 is 0. The molecule has 0 radical (unpaired) electrons. The largest absolute Gasteiger partial charge is 0.459 e. The maximum atomic E-state index is 12.4. The van der Waals surface area contributed by atoms with Gasteiger partial charge in [0.05, 0.1) is 23.6 Å². The monoisotopic (exact) mass is 452 g/mol. The highest BCUT2D eigenvalue weighted by Gasteiger charge is 2.36. The molecule has 1 aliphatic heterocycles. The third-order valence-electron chi connectivity index (χ3n) is 5.24. The molecule has 0 spiro atoms. The average Bonchev–Trinajstić information content (AvgIpc) is 3.19. The molecular weight excluding hydrogens is 424 g/mol. The van der Waals surface area contributed by atoms with E-state index in [1.54, 1.807) is 38.1 Å². The Morgan fingerprint density at radius 3 is 2.33 bits per heavy atom. The van der Waals surface area contributed by atoms with E-state index < -0.39 is 30.4 Å². The zero-order valence-corrected chi connectivity index (χ0v) is 18.9. The van der Waals surface area contributed by atoms with E-state index in [4.69, 9.17) is 9.47 Å². The van der Waals surface area contributed by atoms with Crippen LogP contribution < -0.4 is 10.2 Å². The van der Waals surface area contributed by atoms with Gasteiger partial charge in [0, 0.05) is 18.7 Å². The lowest BCUT2D eigenvalue weighted by atomic mass is 10.1. The molecule has 8 nitrogen and oxygen atoms in total. The Hall–Kier alpha value is -3.68. The minimum atomic E-state index is -0.664. The maximum absolute atomic E-state index is 12.4. The van der Waals surface area contributed by atoms with Gasteiger partial charge in [0.15, 0.2) is 6.61 Å². The van der Waals surface area contributed by atoms with Crippen molar-refractivity contribution in [1.82, 2.24) is 5.32 Å². The molecular formula is C25H28N2O6. The number of hydrogen-bond acceptors (Lipinski definition) is 6. The molecule has 2 atom stereocenters. The Kier molecular flexibility index (Phi) is 7.82. The van der Waals surface area contributed by atoms with E-state index in [1.165, 1.54) is 4.90 Å². The SMILES string of the molecule is CC(C)OC(=O)c1ccc(N2C[C@@H](C(=O)OCC(=O)N[C@@H](C)c3ccccc3)CC2=O)cc1. The number of esters is 2. The molecule has 1 heterocycles. The Morgan fingerprint density at radius 1 is 1.03 bits per heavy atom. The van der Waals surface area contributed by atoms with Crippen LogP contribution in [0, 0.1) is 5.92 Å². The van der Waals surface area contributed by atoms with Crippen LogP contribution in [-0.2, 0) is 23.9 Å². The number of carbonyl (C=O) groups excluding carboxylic acids is 4. The number of carbonyl (C=O) groups is 4. The highest BCUT2D eigenvalue weighted by Crippen LogP contribution is 2.26. The lowest BCUT2D eigenvalue weighted by Gasteiger charge is -2.17. The molecule has 1 saturated heterocycles. The van der Waals surface area contributed by atoms with Crippen molar-refractivity contribution >= 4 is 29.4 Å². The first kappa shape index (κ1) is 24.0. The van der Waals surface area contributed by atoms with Gasteiger partial charge in [-0.25, -0.2) is 4.79 Å². The van der Waals surface area contributed by atoms with E-state index >= 15 is 0 Å². The first-order valence-corrected chi connectivity index (χ1v) is 10.9. The number of nitrogens with zero attached hydrogens (tertiary/aromatic N) is 1. The van der Waals surface area contributed by atoms with Gasteiger partial charge < -0.3 is 19.7 Å². The lowest BCUT2D eigenvalue weighted by molar-refractivity contribution is -0.152. The van der Waals surface area contributed by atoms with Crippen LogP contribution in [0.3, 0.4) is 0 Å². The molecule has 2 aromatic rings. The summed E-state index contributed by atoms with van der Waals surface area (Å²) < 4.78 is 10.3. The zero-order chi connectivity index (χ0) is 24.0. The van der Waals surface area contributed by atoms with Gasteiger partial charge in [-0.3, -0.25) is 14.4 Å². The summed E-state index contributed by atoms with van der Waals surface area (Å²) in [6.07, 6.45) is -0.231. The summed E-state index contributed by atoms with van der Waals surface area (Å²) in [6, 6.07) is 15.7. The van der Waals surface area contributed by atoms with Crippen molar-refractivity contribution in [2.24, 2.45) is 5.92 Å². The number of ether oxygens (including phenoxy) is 2. The Balaban J connectivity index is 1.50. The predicted molar refractivity (Wildman–Crippen MR) is 121 cm³/mol. The van der Waals surface area contributed by atoms with Crippen LogP contribution in [0.2, 0.25) is 0 Å². The molecule has 0 bridgehead atoms. The second-order valence-electron chi connectivity index (χ2n) is 8.21. The topological polar surface area (TPSA) is 102 Å². The van der Waals surface area contributed by atoms with E-state index in [1.807, 2.05) is 37.3 Å². The number of anilines is 1. The van der Waals surface area contributed by atoms with E-state index in [0.29, 0.717) is 11.3 Å². The van der Waals surface area contributed by atoms with Gasteiger partial charge >= 0.3 is 11.9 Å². The van der Waals surface area contributed by atoms with E-state index in [9.17, 15) is 19.2 Å². The first-order chi connectivity index (χ1) is 15.7. The van der Waals surface area contributed by atoms with Crippen LogP contribution in [0.1, 0.15) is 49.2 Å². The predicted octanol–water partition coefficient (Wildman–Crippen LogP) is 3.03. The molecule has 0 aromatic heterocycles. The van der Waals surface area contributed by atoms with Gasteiger partial charge in [-0.15, -0.1) is 0 Å². The highest BCUT2D eigenvalue weighted by atomic mass is 16.5. The van der Waals surface area contributed by atoms with Crippen molar-refractivity contribution in [3.8, 4) is 0 Å².